The number of sulfonamides is 1. The first-order valence-electron chi connectivity index (χ1n) is 6.56. The molecule has 1 aromatic heterocycles. The molecule has 1 rings (SSSR count). The summed E-state index contributed by atoms with van der Waals surface area (Å²) in [6, 6.07) is 0. The molecule has 1 heterocycles. The number of nitrogens with one attached hydrogen (secondary N) is 1. The number of aromatic nitrogens is 2. The standard InChI is InChI=1S/C12H24N4O2S/c1-5-12(4,7-8-13)15-19(17,18)11-9-16(6-2)10(3)14-11/h9,15H,5-8,13H2,1-4H3. The summed E-state index contributed by atoms with van der Waals surface area (Å²) in [5, 5.41) is 0.0727. The summed E-state index contributed by atoms with van der Waals surface area (Å²) in [4.78, 5) is 4.11. The molecule has 0 radical (unpaired) electrons. The molecule has 110 valence electrons. The van der Waals surface area contributed by atoms with Crippen LogP contribution in [0.25, 0.3) is 0 Å². The van der Waals surface area contributed by atoms with E-state index in [0.29, 0.717) is 31.8 Å². The second-order valence-electron chi connectivity index (χ2n) is 4.97. The van der Waals surface area contributed by atoms with Crippen molar-refractivity contribution in [3.05, 3.63) is 12.0 Å². The van der Waals surface area contributed by atoms with Crippen molar-refractivity contribution < 1.29 is 8.42 Å². The Balaban J connectivity index is 3.03. The molecule has 0 spiro atoms. The number of hydrogen-bond acceptors (Lipinski definition) is 4. The second-order valence-corrected chi connectivity index (χ2v) is 6.60. The van der Waals surface area contributed by atoms with E-state index in [0.717, 1.165) is 0 Å². The number of aryl methyl sites for hydroxylation is 2. The molecular weight excluding hydrogens is 264 g/mol. The van der Waals surface area contributed by atoms with Crippen LogP contribution in [-0.4, -0.2) is 30.1 Å². The number of hydrogen-bond donors (Lipinski definition) is 2. The summed E-state index contributed by atoms with van der Waals surface area (Å²) in [5.41, 5.74) is 5.01. The molecule has 0 aromatic carbocycles. The van der Waals surface area contributed by atoms with E-state index in [1.165, 1.54) is 0 Å². The molecular formula is C12H24N4O2S. The maximum atomic E-state index is 12.3. The molecule has 6 nitrogen and oxygen atoms in total. The Morgan fingerprint density at radius 3 is 2.53 bits per heavy atom. The van der Waals surface area contributed by atoms with Crippen LogP contribution >= 0.6 is 0 Å². The Hall–Kier alpha value is -0.920. The Bertz CT molecular complexity index is 524. The molecule has 1 unspecified atom stereocenters. The van der Waals surface area contributed by atoms with Crippen molar-refractivity contribution in [3.63, 3.8) is 0 Å². The van der Waals surface area contributed by atoms with Gasteiger partial charge in [-0.15, -0.1) is 0 Å². The van der Waals surface area contributed by atoms with Gasteiger partial charge >= 0.3 is 0 Å². The number of nitrogens with zero attached hydrogens (tertiary/aromatic N) is 2. The smallest absolute Gasteiger partial charge is 0.260 e. The molecule has 0 aliphatic heterocycles. The largest absolute Gasteiger partial charge is 0.334 e. The van der Waals surface area contributed by atoms with Gasteiger partial charge in [0, 0.05) is 18.3 Å². The third kappa shape index (κ3) is 3.77. The lowest BCUT2D eigenvalue weighted by atomic mass is 9.96. The van der Waals surface area contributed by atoms with Gasteiger partial charge in [-0.3, -0.25) is 0 Å². The minimum absolute atomic E-state index is 0.0727. The minimum atomic E-state index is -3.60. The predicted molar refractivity (Wildman–Crippen MR) is 75.3 cm³/mol. The first-order valence-corrected chi connectivity index (χ1v) is 8.04. The molecule has 0 aliphatic carbocycles. The van der Waals surface area contributed by atoms with Crippen molar-refractivity contribution in [2.75, 3.05) is 6.54 Å². The van der Waals surface area contributed by atoms with Gasteiger partial charge in [0.15, 0.2) is 5.03 Å². The monoisotopic (exact) mass is 288 g/mol. The SMILES string of the molecule is CCn1cc(S(=O)(=O)NC(C)(CC)CCN)nc1C. The van der Waals surface area contributed by atoms with Gasteiger partial charge in [0.05, 0.1) is 0 Å². The fourth-order valence-electron chi connectivity index (χ4n) is 1.92. The molecule has 7 heteroatoms. The highest BCUT2D eigenvalue weighted by atomic mass is 32.2. The van der Waals surface area contributed by atoms with Crippen LogP contribution in [0.5, 0.6) is 0 Å². The summed E-state index contributed by atoms with van der Waals surface area (Å²) < 4.78 is 29.2. The van der Waals surface area contributed by atoms with Gasteiger partial charge in [-0.1, -0.05) is 6.92 Å². The zero-order valence-corrected chi connectivity index (χ0v) is 12.9. The van der Waals surface area contributed by atoms with Crippen LogP contribution in [0.3, 0.4) is 0 Å². The van der Waals surface area contributed by atoms with Crippen LogP contribution in [0.1, 0.15) is 39.4 Å². The average molecular weight is 288 g/mol. The lowest BCUT2D eigenvalue weighted by Crippen LogP contribution is -2.46. The number of nitrogens with two attached hydrogens (primary N) is 1. The predicted octanol–water partition coefficient (Wildman–Crippen LogP) is 1.01. The Morgan fingerprint density at radius 2 is 2.11 bits per heavy atom. The van der Waals surface area contributed by atoms with Gasteiger partial charge in [-0.05, 0) is 40.2 Å². The van der Waals surface area contributed by atoms with E-state index in [1.54, 1.807) is 17.7 Å². The molecule has 0 aliphatic rings. The highest BCUT2D eigenvalue weighted by molar-refractivity contribution is 7.89. The molecule has 0 amide bonds. The van der Waals surface area contributed by atoms with Gasteiger partial charge in [0.2, 0.25) is 0 Å². The van der Waals surface area contributed by atoms with Gasteiger partial charge in [0.25, 0.3) is 10.0 Å². The zero-order chi connectivity index (χ0) is 14.7. The van der Waals surface area contributed by atoms with Crippen molar-refractivity contribution in [1.29, 1.82) is 0 Å². The van der Waals surface area contributed by atoms with E-state index < -0.39 is 15.6 Å². The topological polar surface area (TPSA) is 90.0 Å². The van der Waals surface area contributed by atoms with E-state index in [9.17, 15) is 8.42 Å². The Labute approximate surface area is 115 Å². The molecule has 0 saturated heterocycles. The summed E-state index contributed by atoms with van der Waals surface area (Å²) in [7, 11) is -3.60. The third-order valence-corrected chi connectivity index (χ3v) is 4.94. The summed E-state index contributed by atoms with van der Waals surface area (Å²) in [6.07, 6.45) is 2.84. The highest BCUT2D eigenvalue weighted by Gasteiger charge is 2.30. The molecule has 1 aromatic rings. The van der Waals surface area contributed by atoms with Crippen LogP contribution in [0.15, 0.2) is 11.2 Å². The minimum Gasteiger partial charge on any atom is -0.334 e. The van der Waals surface area contributed by atoms with Crippen LogP contribution in [-0.2, 0) is 16.6 Å². The fourth-order valence-corrected chi connectivity index (χ4v) is 3.44. The van der Waals surface area contributed by atoms with E-state index in [-0.39, 0.29) is 5.03 Å². The lowest BCUT2D eigenvalue weighted by molar-refractivity contribution is 0.378. The molecule has 19 heavy (non-hydrogen) atoms. The maximum absolute atomic E-state index is 12.3. The van der Waals surface area contributed by atoms with Crippen LogP contribution in [0.4, 0.5) is 0 Å². The van der Waals surface area contributed by atoms with Crippen LogP contribution < -0.4 is 10.5 Å². The van der Waals surface area contributed by atoms with Crippen molar-refractivity contribution >= 4 is 10.0 Å². The van der Waals surface area contributed by atoms with E-state index in [4.69, 9.17) is 5.73 Å². The third-order valence-electron chi connectivity index (χ3n) is 3.43. The van der Waals surface area contributed by atoms with E-state index in [1.807, 2.05) is 20.8 Å². The Morgan fingerprint density at radius 1 is 1.47 bits per heavy atom. The zero-order valence-electron chi connectivity index (χ0n) is 12.1. The first-order chi connectivity index (χ1) is 8.78. The van der Waals surface area contributed by atoms with E-state index >= 15 is 0 Å². The Kier molecular flexibility index (Phi) is 5.11. The van der Waals surface area contributed by atoms with Gasteiger partial charge in [0.1, 0.15) is 5.82 Å². The number of rotatable bonds is 7. The van der Waals surface area contributed by atoms with Gasteiger partial charge < -0.3 is 10.3 Å². The maximum Gasteiger partial charge on any atom is 0.260 e. The van der Waals surface area contributed by atoms with Gasteiger partial charge in [-0.2, -0.15) is 0 Å². The molecule has 3 N–H and O–H groups in total. The fraction of sp³-hybridized carbons (Fsp3) is 0.750. The normalized spacial score (nSPS) is 15.4. The molecule has 1 atom stereocenters. The number of imidazole rings is 1. The van der Waals surface area contributed by atoms with Crippen molar-refractivity contribution in [3.8, 4) is 0 Å². The van der Waals surface area contributed by atoms with Gasteiger partial charge in [-0.25, -0.2) is 18.1 Å². The van der Waals surface area contributed by atoms with Crippen molar-refractivity contribution in [2.45, 2.75) is 57.6 Å². The molecule has 0 bridgehead atoms. The van der Waals surface area contributed by atoms with Crippen LogP contribution in [0.2, 0.25) is 0 Å². The quantitative estimate of drug-likeness (QED) is 0.783. The van der Waals surface area contributed by atoms with Crippen molar-refractivity contribution in [1.82, 2.24) is 14.3 Å². The summed E-state index contributed by atoms with van der Waals surface area (Å²) in [5.74, 6) is 0.694. The summed E-state index contributed by atoms with van der Waals surface area (Å²) in [6.45, 7) is 8.68. The average Bonchev–Trinajstić information content (AvgIpc) is 2.71. The highest BCUT2D eigenvalue weighted by Crippen LogP contribution is 2.18. The molecule has 0 fully saturated rings. The second kappa shape index (κ2) is 6.02. The summed E-state index contributed by atoms with van der Waals surface area (Å²) >= 11 is 0. The van der Waals surface area contributed by atoms with E-state index in [2.05, 4.69) is 9.71 Å². The molecule has 0 saturated carbocycles. The van der Waals surface area contributed by atoms with Crippen LogP contribution in [0, 0.1) is 6.92 Å². The van der Waals surface area contributed by atoms with Crippen molar-refractivity contribution in [2.24, 2.45) is 5.73 Å². The lowest BCUT2D eigenvalue weighted by Gasteiger charge is -2.28. The first kappa shape index (κ1) is 16.1.